The van der Waals surface area contributed by atoms with E-state index in [0.717, 1.165) is 0 Å². The van der Waals surface area contributed by atoms with E-state index >= 15 is 0 Å². The molecule has 0 aliphatic heterocycles. The molecule has 0 amide bonds. The molecule has 10 rings (SSSR count). The van der Waals surface area contributed by atoms with Gasteiger partial charge < -0.3 is 8.97 Å². The fourth-order valence-corrected chi connectivity index (χ4v) is 8.15. The summed E-state index contributed by atoms with van der Waals surface area (Å²) >= 11 is 2.50. The van der Waals surface area contributed by atoms with Crippen LogP contribution in [0.3, 0.4) is 0 Å². The number of nitrogens with zero attached hydrogens (tertiary/aromatic N) is 3. The molecule has 10 aromatic rings. The maximum absolute atomic E-state index is 2.51. The van der Waals surface area contributed by atoms with Crippen LogP contribution >= 0.6 is 22.9 Å². The Morgan fingerprint density at radius 3 is 1.88 bits per heavy atom. The predicted molar refractivity (Wildman–Crippen MR) is 178 cm³/mol. The van der Waals surface area contributed by atoms with Crippen molar-refractivity contribution in [2.45, 2.75) is 0 Å². The van der Waals surface area contributed by atoms with Crippen molar-refractivity contribution in [2.75, 3.05) is 0 Å². The minimum absolute atomic E-state index is 1.18. The van der Waals surface area contributed by atoms with Crippen LogP contribution in [0.25, 0.3) is 87.4 Å². The largest absolute Gasteiger partial charge is 0.309 e. The summed E-state index contributed by atoms with van der Waals surface area (Å²) in [6.07, 6.45) is 0. The molecule has 3 nitrogen and oxygen atoms in total. The van der Waals surface area contributed by atoms with Crippen LogP contribution in [-0.2, 0) is 0 Å². The number of para-hydroxylation sites is 4. The Morgan fingerprint density at radius 2 is 1.02 bits per heavy atom. The molecule has 0 fully saturated rings. The first kappa shape index (κ1) is 21.3. The summed E-state index contributed by atoms with van der Waals surface area (Å²) in [7, 11) is 0. The van der Waals surface area contributed by atoms with Gasteiger partial charge in [-0.15, -0.1) is 0 Å². The zero-order valence-corrected chi connectivity index (χ0v) is 23.4. The molecule has 40 heavy (non-hydrogen) atoms. The SMILES string of the molecule is In1c2cc3c4ccccc4n(-c4ccccc4)c3c3c4cccc5c6ccccc6n(c6cccc1c6c32)c54. The summed E-state index contributed by atoms with van der Waals surface area (Å²) in [5, 5.41) is 10.4. The van der Waals surface area contributed by atoms with E-state index in [9.17, 15) is 0 Å². The van der Waals surface area contributed by atoms with Crippen LogP contribution in [-0.4, -0.2) is 11.7 Å². The van der Waals surface area contributed by atoms with Crippen LogP contribution < -0.4 is 0 Å². The van der Waals surface area contributed by atoms with Gasteiger partial charge in [-0.05, 0) is 42.5 Å². The number of fused-ring (bicyclic) bond motifs is 9. The van der Waals surface area contributed by atoms with Crippen molar-refractivity contribution < 1.29 is 0 Å². The van der Waals surface area contributed by atoms with E-state index < -0.39 is 0 Å². The monoisotopic (exact) mass is 621 g/mol. The molecule has 0 aliphatic carbocycles. The average molecular weight is 621 g/mol. The molecule has 0 aliphatic rings. The first-order chi connectivity index (χ1) is 19.8. The van der Waals surface area contributed by atoms with Gasteiger partial charge >= 0.3 is 0 Å². The van der Waals surface area contributed by atoms with E-state index in [1.165, 1.54) is 87.4 Å². The van der Waals surface area contributed by atoms with E-state index in [4.69, 9.17) is 0 Å². The van der Waals surface area contributed by atoms with Gasteiger partial charge in [0.15, 0.2) is 0 Å². The van der Waals surface area contributed by atoms with Crippen molar-refractivity contribution in [3.63, 3.8) is 0 Å². The zero-order valence-electron chi connectivity index (χ0n) is 21.3. The Bertz CT molecular complexity index is 2650. The van der Waals surface area contributed by atoms with Gasteiger partial charge in [-0.3, -0.25) is 2.78 Å². The molecule has 4 aromatic heterocycles. The summed E-state index contributed by atoms with van der Waals surface area (Å²) in [5.41, 5.74) is 9.96. The molecule has 0 atom stereocenters. The van der Waals surface area contributed by atoms with Crippen molar-refractivity contribution in [1.82, 2.24) is 11.7 Å². The van der Waals surface area contributed by atoms with Gasteiger partial charge in [0.05, 0.1) is 61.5 Å². The van der Waals surface area contributed by atoms with Crippen molar-refractivity contribution in [1.29, 1.82) is 0 Å². The lowest BCUT2D eigenvalue weighted by Gasteiger charge is -2.10. The molecule has 0 spiro atoms. The third kappa shape index (κ3) is 2.39. The fourth-order valence-electron chi connectivity index (χ4n) is 7.36. The van der Waals surface area contributed by atoms with Gasteiger partial charge in [-0.1, -0.05) is 78.9 Å². The highest BCUT2D eigenvalue weighted by Crippen LogP contribution is 2.48. The minimum atomic E-state index is 1.18. The fraction of sp³-hybridized carbons (Fsp3) is 0. The van der Waals surface area contributed by atoms with E-state index in [-0.39, 0.29) is 0 Å². The molecule has 4 heterocycles. The lowest BCUT2D eigenvalue weighted by Crippen LogP contribution is -1.94. The third-order valence-electron chi connectivity index (χ3n) is 8.85. The lowest BCUT2D eigenvalue weighted by molar-refractivity contribution is 1.19. The van der Waals surface area contributed by atoms with Crippen molar-refractivity contribution in [2.24, 2.45) is 0 Å². The molecule has 0 unspecified atom stereocenters. The van der Waals surface area contributed by atoms with Gasteiger partial charge in [0.2, 0.25) is 0 Å². The van der Waals surface area contributed by atoms with Crippen LogP contribution in [0.2, 0.25) is 0 Å². The van der Waals surface area contributed by atoms with Crippen molar-refractivity contribution in [3.05, 3.63) is 121 Å². The van der Waals surface area contributed by atoms with Gasteiger partial charge in [0, 0.05) is 48.8 Å². The number of hydrogen-bond acceptors (Lipinski definition) is 0. The Balaban J connectivity index is 1.67. The molecular formula is C36H20IN3. The molecule has 0 radical (unpaired) electrons. The Labute approximate surface area is 242 Å². The number of benzene rings is 6. The summed E-state index contributed by atoms with van der Waals surface area (Å²) < 4.78 is 7.36. The molecule has 0 N–H and O–H groups in total. The Kier molecular flexibility index (Phi) is 3.91. The lowest BCUT2D eigenvalue weighted by atomic mass is 10.0. The molecule has 4 heteroatoms. The smallest absolute Gasteiger partial charge is 0.0646 e. The summed E-state index contributed by atoms with van der Waals surface area (Å²) in [6, 6.07) is 44.6. The second-order valence-electron chi connectivity index (χ2n) is 10.7. The Morgan fingerprint density at radius 1 is 0.400 bits per heavy atom. The normalized spacial score (nSPS) is 12.6. The number of aromatic nitrogens is 3. The second-order valence-corrected chi connectivity index (χ2v) is 11.7. The maximum Gasteiger partial charge on any atom is 0.0646 e. The Hall–Kier alpha value is -4.55. The topological polar surface area (TPSA) is 14.3 Å². The summed E-state index contributed by atoms with van der Waals surface area (Å²) in [5.74, 6) is 0. The van der Waals surface area contributed by atoms with Gasteiger partial charge in [0.1, 0.15) is 0 Å². The number of rotatable bonds is 1. The van der Waals surface area contributed by atoms with E-state index in [1.807, 2.05) is 0 Å². The van der Waals surface area contributed by atoms with Gasteiger partial charge in [-0.25, -0.2) is 0 Å². The molecule has 0 saturated heterocycles. The average Bonchev–Trinajstić information content (AvgIpc) is 3.59. The van der Waals surface area contributed by atoms with Gasteiger partial charge in [-0.2, -0.15) is 0 Å². The second kappa shape index (κ2) is 7.34. The highest BCUT2D eigenvalue weighted by atomic mass is 127. The molecule has 0 bridgehead atoms. The molecule has 0 saturated carbocycles. The van der Waals surface area contributed by atoms with Crippen LogP contribution in [0, 0.1) is 0 Å². The van der Waals surface area contributed by atoms with E-state index in [0.29, 0.717) is 0 Å². The van der Waals surface area contributed by atoms with Crippen molar-refractivity contribution >= 4 is 105 Å². The zero-order chi connectivity index (χ0) is 26.1. The maximum atomic E-state index is 2.51. The van der Waals surface area contributed by atoms with Crippen LogP contribution in [0.5, 0.6) is 0 Å². The van der Waals surface area contributed by atoms with Gasteiger partial charge in [0.25, 0.3) is 0 Å². The van der Waals surface area contributed by atoms with Crippen molar-refractivity contribution in [3.8, 4) is 5.69 Å². The third-order valence-corrected chi connectivity index (χ3v) is 9.89. The van der Waals surface area contributed by atoms with Crippen LogP contribution in [0.1, 0.15) is 0 Å². The highest BCUT2D eigenvalue weighted by Gasteiger charge is 2.25. The number of halogens is 1. The number of hydrogen-bond donors (Lipinski definition) is 0. The molecule has 6 aromatic carbocycles. The standard InChI is InChI=1S/C36H20IN3/c37-40-30-19-9-18-29-33(30)34-31(40)20-26-23-13-5-6-16-27(23)38(21-10-2-1-3-11-21)36(26)32(34)25-15-8-14-24-22-12-4-7-17-28(22)39(29)35(24)25/h1-20H. The highest BCUT2D eigenvalue weighted by molar-refractivity contribution is 14.1. The first-order valence-corrected chi connectivity index (χ1v) is 14.6. The van der Waals surface area contributed by atoms with Crippen LogP contribution in [0.4, 0.5) is 0 Å². The minimum Gasteiger partial charge on any atom is -0.309 e. The quantitative estimate of drug-likeness (QED) is 0.162. The molecular weight excluding hydrogens is 601 g/mol. The van der Waals surface area contributed by atoms with E-state index in [1.54, 1.807) is 0 Å². The predicted octanol–water partition coefficient (Wildman–Crippen LogP) is 10.2. The summed E-state index contributed by atoms with van der Waals surface area (Å²) in [4.78, 5) is 0. The summed E-state index contributed by atoms with van der Waals surface area (Å²) in [6.45, 7) is 0. The van der Waals surface area contributed by atoms with E-state index in [2.05, 4.69) is 156 Å². The van der Waals surface area contributed by atoms with Crippen LogP contribution in [0.15, 0.2) is 121 Å². The molecule has 186 valence electrons. The first-order valence-electron chi connectivity index (χ1n) is 13.6.